The van der Waals surface area contributed by atoms with Gasteiger partial charge in [-0.15, -0.1) is 0 Å². The third kappa shape index (κ3) is 4.25. The molecule has 18 heavy (non-hydrogen) atoms. The van der Waals surface area contributed by atoms with Crippen molar-refractivity contribution in [1.29, 1.82) is 0 Å². The SMILES string of the molecule is CN(C(=O)NCC(F)(F)F)c1ccc(CN)cc1. The van der Waals surface area contributed by atoms with E-state index >= 15 is 0 Å². The Morgan fingerprint density at radius 2 is 1.89 bits per heavy atom. The highest BCUT2D eigenvalue weighted by atomic mass is 19.4. The van der Waals surface area contributed by atoms with Crippen LogP contribution in [0.2, 0.25) is 0 Å². The molecule has 1 rings (SSSR count). The lowest BCUT2D eigenvalue weighted by Gasteiger charge is -2.19. The summed E-state index contributed by atoms with van der Waals surface area (Å²) in [6.07, 6.45) is -4.42. The number of nitrogens with two attached hydrogens (primary N) is 1. The van der Waals surface area contributed by atoms with Crippen LogP contribution in [0.3, 0.4) is 0 Å². The molecule has 0 saturated heterocycles. The van der Waals surface area contributed by atoms with Crippen LogP contribution in [0.25, 0.3) is 0 Å². The number of benzene rings is 1. The second-order valence-electron chi connectivity index (χ2n) is 3.70. The minimum atomic E-state index is -4.42. The molecule has 3 N–H and O–H groups in total. The molecule has 100 valence electrons. The van der Waals surface area contributed by atoms with Gasteiger partial charge in [-0.25, -0.2) is 4.79 Å². The summed E-state index contributed by atoms with van der Waals surface area (Å²) in [5.74, 6) is 0. The summed E-state index contributed by atoms with van der Waals surface area (Å²) in [7, 11) is 1.39. The summed E-state index contributed by atoms with van der Waals surface area (Å²) in [5, 5.41) is 1.79. The van der Waals surface area contributed by atoms with Crippen molar-refractivity contribution in [3.8, 4) is 0 Å². The van der Waals surface area contributed by atoms with E-state index in [2.05, 4.69) is 0 Å². The van der Waals surface area contributed by atoms with Gasteiger partial charge in [0.2, 0.25) is 0 Å². The minimum absolute atomic E-state index is 0.365. The number of hydrogen-bond acceptors (Lipinski definition) is 2. The fourth-order valence-corrected chi connectivity index (χ4v) is 1.27. The van der Waals surface area contributed by atoms with Crippen molar-refractivity contribution in [3.63, 3.8) is 0 Å². The van der Waals surface area contributed by atoms with Crippen LogP contribution in [-0.2, 0) is 6.54 Å². The van der Waals surface area contributed by atoms with Crippen molar-refractivity contribution in [2.24, 2.45) is 5.73 Å². The molecule has 4 nitrogen and oxygen atoms in total. The number of rotatable bonds is 3. The topological polar surface area (TPSA) is 58.4 Å². The molecule has 0 aliphatic rings. The normalized spacial score (nSPS) is 11.2. The largest absolute Gasteiger partial charge is 0.405 e. The van der Waals surface area contributed by atoms with Crippen LogP contribution in [0.15, 0.2) is 24.3 Å². The van der Waals surface area contributed by atoms with Crippen molar-refractivity contribution in [1.82, 2.24) is 5.32 Å². The third-order valence-electron chi connectivity index (χ3n) is 2.30. The van der Waals surface area contributed by atoms with E-state index in [0.717, 1.165) is 10.5 Å². The Labute approximate surface area is 103 Å². The molecule has 0 heterocycles. The molecule has 7 heteroatoms. The van der Waals surface area contributed by atoms with Crippen LogP contribution < -0.4 is 16.0 Å². The number of halogens is 3. The molecule has 0 fully saturated rings. The molecule has 0 saturated carbocycles. The van der Waals surface area contributed by atoms with Crippen molar-refractivity contribution in [2.75, 3.05) is 18.5 Å². The van der Waals surface area contributed by atoms with Gasteiger partial charge in [-0.2, -0.15) is 13.2 Å². The van der Waals surface area contributed by atoms with Crippen molar-refractivity contribution in [2.45, 2.75) is 12.7 Å². The molecule has 1 aromatic carbocycles. The van der Waals surface area contributed by atoms with E-state index in [1.165, 1.54) is 7.05 Å². The number of nitrogens with zero attached hydrogens (tertiary/aromatic N) is 1. The zero-order valence-corrected chi connectivity index (χ0v) is 9.79. The van der Waals surface area contributed by atoms with E-state index < -0.39 is 18.8 Å². The smallest absolute Gasteiger partial charge is 0.329 e. The minimum Gasteiger partial charge on any atom is -0.329 e. The quantitative estimate of drug-likeness (QED) is 0.872. The number of amides is 2. The van der Waals surface area contributed by atoms with Gasteiger partial charge in [-0.05, 0) is 17.7 Å². The Kier molecular flexibility index (Phi) is 4.55. The zero-order chi connectivity index (χ0) is 13.8. The number of anilines is 1. The highest BCUT2D eigenvalue weighted by Gasteiger charge is 2.28. The number of carbonyl (C=O) groups is 1. The van der Waals surface area contributed by atoms with Crippen molar-refractivity contribution >= 4 is 11.7 Å². The fraction of sp³-hybridized carbons (Fsp3) is 0.364. The predicted octanol–water partition coefficient (Wildman–Crippen LogP) is 1.85. The first kappa shape index (κ1) is 14.3. The van der Waals surface area contributed by atoms with Crippen LogP contribution in [0.5, 0.6) is 0 Å². The number of carbonyl (C=O) groups excluding carboxylic acids is 1. The number of urea groups is 1. The first-order chi connectivity index (χ1) is 8.33. The average molecular weight is 261 g/mol. The maximum Gasteiger partial charge on any atom is 0.405 e. The second kappa shape index (κ2) is 5.72. The Morgan fingerprint density at radius 3 is 2.33 bits per heavy atom. The molecule has 2 amide bonds. The third-order valence-corrected chi connectivity index (χ3v) is 2.30. The summed E-state index contributed by atoms with van der Waals surface area (Å²) >= 11 is 0. The molecule has 0 unspecified atom stereocenters. The summed E-state index contributed by atoms with van der Waals surface area (Å²) < 4.78 is 35.8. The lowest BCUT2D eigenvalue weighted by Crippen LogP contribution is -2.41. The second-order valence-corrected chi connectivity index (χ2v) is 3.70. The van der Waals surface area contributed by atoms with Gasteiger partial charge in [-0.3, -0.25) is 4.90 Å². The van der Waals surface area contributed by atoms with E-state index in [1.807, 2.05) is 0 Å². The Hall–Kier alpha value is -1.76. The molecule has 0 aromatic heterocycles. The maximum atomic E-state index is 11.9. The van der Waals surface area contributed by atoms with Gasteiger partial charge in [0.05, 0.1) is 0 Å². The Balaban J connectivity index is 2.62. The molecule has 0 aliphatic carbocycles. The highest BCUT2D eigenvalue weighted by Crippen LogP contribution is 2.15. The summed E-state index contributed by atoms with van der Waals surface area (Å²) in [4.78, 5) is 12.5. The van der Waals surface area contributed by atoms with E-state index in [1.54, 1.807) is 29.6 Å². The van der Waals surface area contributed by atoms with Gasteiger partial charge in [0.15, 0.2) is 0 Å². The van der Waals surface area contributed by atoms with Gasteiger partial charge in [0, 0.05) is 19.3 Å². The van der Waals surface area contributed by atoms with Gasteiger partial charge >= 0.3 is 12.2 Å². The Bertz CT molecular complexity index is 403. The van der Waals surface area contributed by atoms with E-state index in [0.29, 0.717) is 12.2 Å². The van der Waals surface area contributed by atoms with Crippen LogP contribution in [-0.4, -0.2) is 25.8 Å². The lowest BCUT2D eigenvalue weighted by molar-refractivity contribution is -0.122. The molecule has 0 atom stereocenters. The molecule has 0 radical (unpaired) electrons. The fourth-order valence-electron chi connectivity index (χ4n) is 1.27. The maximum absolute atomic E-state index is 11.9. The van der Waals surface area contributed by atoms with E-state index in [-0.39, 0.29) is 0 Å². The highest BCUT2D eigenvalue weighted by molar-refractivity contribution is 5.91. The van der Waals surface area contributed by atoms with Crippen molar-refractivity contribution in [3.05, 3.63) is 29.8 Å². The van der Waals surface area contributed by atoms with E-state index in [4.69, 9.17) is 5.73 Å². The first-order valence-corrected chi connectivity index (χ1v) is 5.21. The summed E-state index contributed by atoms with van der Waals surface area (Å²) in [6, 6.07) is 5.85. The lowest BCUT2D eigenvalue weighted by atomic mass is 10.2. The first-order valence-electron chi connectivity index (χ1n) is 5.21. The van der Waals surface area contributed by atoms with Gasteiger partial charge in [-0.1, -0.05) is 12.1 Å². The number of hydrogen-bond donors (Lipinski definition) is 2. The van der Waals surface area contributed by atoms with Crippen molar-refractivity contribution < 1.29 is 18.0 Å². The van der Waals surface area contributed by atoms with Crippen LogP contribution in [0, 0.1) is 0 Å². The summed E-state index contributed by atoms with van der Waals surface area (Å²) in [5.41, 5.74) is 6.78. The predicted molar refractivity (Wildman–Crippen MR) is 62.2 cm³/mol. The number of nitrogens with one attached hydrogen (secondary N) is 1. The molecular formula is C11H14F3N3O. The zero-order valence-electron chi connectivity index (χ0n) is 9.79. The monoisotopic (exact) mass is 261 g/mol. The number of alkyl halides is 3. The Morgan fingerprint density at radius 1 is 1.33 bits per heavy atom. The van der Waals surface area contributed by atoms with Crippen LogP contribution in [0.1, 0.15) is 5.56 Å². The summed E-state index contributed by atoms with van der Waals surface area (Å²) in [6.45, 7) is -0.985. The molecular weight excluding hydrogens is 247 g/mol. The van der Waals surface area contributed by atoms with Gasteiger partial charge in [0.1, 0.15) is 6.54 Å². The molecule has 1 aromatic rings. The molecule has 0 aliphatic heterocycles. The molecule has 0 bridgehead atoms. The van der Waals surface area contributed by atoms with Gasteiger partial charge in [0.25, 0.3) is 0 Å². The van der Waals surface area contributed by atoms with E-state index in [9.17, 15) is 18.0 Å². The average Bonchev–Trinajstić information content (AvgIpc) is 2.34. The van der Waals surface area contributed by atoms with Crippen LogP contribution in [0.4, 0.5) is 23.7 Å². The molecule has 0 spiro atoms. The van der Waals surface area contributed by atoms with Gasteiger partial charge < -0.3 is 11.1 Å². The van der Waals surface area contributed by atoms with Crippen LogP contribution >= 0.6 is 0 Å². The standard InChI is InChI=1S/C11H14F3N3O/c1-17(10(18)16-7-11(12,13)14)9-4-2-8(6-15)3-5-9/h2-5H,6-7,15H2,1H3,(H,16,18).